The first-order chi connectivity index (χ1) is 11.1. The molecule has 6 heteroatoms. The normalized spacial score (nSPS) is 10.4. The summed E-state index contributed by atoms with van der Waals surface area (Å²) < 4.78 is 11.5. The van der Waals surface area contributed by atoms with Gasteiger partial charge >= 0.3 is 11.9 Å². The molecular weight excluding hydrogens is 314 g/mol. The molecule has 1 aromatic carbocycles. The smallest absolute Gasteiger partial charge is 0.340 e. The molecule has 0 atom stereocenters. The molecule has 1 aromatic heterocycles. The highest BCUT2D eigenvalue weighted by atomic mass is 32.2. The number of aromatic nitrogens is 1. The van der Waals surface area contributed by atoms with Crippen molar-refractivity contribution in [1.29, 1.82) is 0 Å². The van der Waals surface area contributed by atoms with Gasteiger partial charge in [-0.2, -0.15) is 0 Å². The van der Waals surface area contributed by atoms with Gasteiger partial charge < -0.3 is 14.0 Å². The summed E-state index contributed by atoms with van der Waals surface area (Å²) in [6, 6.07) is 9.76. The molecule has 0 fully saturated rings. The molecule has 2 rings (SSSR count). The number of carbonyl (C=O) groups is 2. The third-order valence-electron chi connectivity index (χ3n) is 3.43. The lowest BCUT2D eigenvalue weighted by molar-refractivity contribution is -0.140. The molecule has 23 heavy (non-hydrogen) atoms. The van der Waals surface area contributed by atoms with Gasteiger partial charge in [-0.05, 0) is 19.1 Å². The highest BCUT2D eigenvalue weighted by Crippen LogP contribution is 2.30. The molecular formula is C17H19NO4S. The molecule has 0 saturated carbocycles. The molecule has 0 saturated heterocycles. The van der Waals surface area contributed by atoms with Crippen molar-refractivity contribution in [2.45, 2.75) is 18.2 Å². The van der Waals surface area contributed by atoms with E-state index in [1.807, 2.05) is 48.0 Å². The van der Waals surface area contributed by atoms with E-state index in [0.717, 1.165) is 16.3 Å². The zero-order valence-corrected chi connectivity index (χ0v) is 14.2. The minimum atomic E-state index is -0.377. The van der Waals surface area contributed by atoms with Crippen molar-refractivity contribution in [2.75, 3.05) is 20.0 Å². The minimum Gasteiger partial charge on any atom is -0.469 e. The van der Waals surface area contributed by atoms with E-state index in [9.17, 15) is 9.59 Å². The fraction of sp³-hybridized carbons (Fsp3) is 0.294. The van der Waals surface area contributed by atoms with Gasteiger partial charge in [-0.3, -0.25) is 4.79 Å². The molecule has 0 aliphatic heterocycles. The second-order valence-corrected chi connectivity index (χ2v) is 5.96. The van der Waals surface area contributed by atoms with Gasteiger partial charge in [-0.15, -0.1) is 11.8 Å². The van der Waals surface area contributed by atoms with Crippen molar-refractivity contribution in [3.63, 3.8) is 0 Å². The van der Waals surface area contributed by atoms with Crippen molar-refractivity contribution in [1.82, 2.24) is 4.57 Å². The van der Waals surface area contributed by atoms with Gasteiger partial charge in [-0.25, -0.2) is 4.79 Å². The SMILES string of the molecule is COC(=O)CCSc1cn(-c2ccccc2)c(C)c1C(=O)OC. The fourth-order valence-electron chi connectivity index (χ4n) is 2.24. The van der Waals surface area contributed by atoms with Crippen LogP contribution in [-0.2, 0) is 14.3 Å². The highest BCUT2D eigenvalue weighted by Gasteiger charge is 2.21. The number of methoxy groups -OCH3 is 2. The Morgan fingerprint density at radius 3 is 2.43 bits per heavy atom. The summed E-state index contributed by atoms with van der Waals surface area (Å²) in [4.78, 5) is 24.1. The highest BCUT2D eigenvalue weighted by molar-refractivity contribution is 7.99. The lowest BCUT2D eigenvalue weighted by Gasteiger charge is -2.06. The third kappa shape index (κ3) is 3.96. The molecule has 5 nitrogen and oxygen atoms in total. The Labute approximate surface area is 139 Å². The number of para-hydroxylation sites is 1. The lowest BCUT2D eigenvalue weighted by atomic mass is 10.2. The Kier molecular flexibility index (Phi) is 5.87. The first-order valence-corrected chi connectivity index (χ1v) is 8.12. The van der Waals surface area contributed by atoms with Crippen LogP contribution in [0.2, 0.25) is 0 Å². The summed E-state index contributed by atoms with van der Waals surface area (Å²) in [7, 11) is 2.73. The third-order valence-corrected chi connectivity index (χ3v) is 4.46. The Bertz CT molecular complexity index is 694. The van der Waals surface area contributed by atoms with E-state index < -0.39 is 0 Å². The number of thioether (sulfide) groups is 1. The van der Waals surface area contributed by atoms with Crippen LogP contribution in [-0.4, -0.2) is 36.5 Å². The Morgan fingerprint density at radius 1 is 1.13 bits per heavy atom. The van der Waals surface area contributed by atoms with Crippen LogP contribution >= 0.6 is 11.8 Å². The number of ether oxygens (including phenoxy) is 2. The van der Waals surface area contributed by atoms with Crippen LogP contribution in [0.3, 0.4) is 0 Å². The van der Waals surface area contributed by atoms with E-state index in [1.54, 1.807) is 0 Å². The van der Waals surface area contributed by atoms with Crippen molar-refractivity contribution < 1.29 is 19.1 Å². The average molecular weight is 333 g/mol. The number of rotatable bonds is 6. The monoisotopic (exact) mass is 333 g/mol. The molecule has 0 aliphatic rings. The van der Waals surface area contributed by atoms with E-state index in [0.29, 0.717) is 11.3 Å². The van der Waals surface area contributed by atoms with E-state index in [2.05, 4.69) is 4.74 Å². The molecule has 1 heterocycles. The largest absolute Gasteiger partial charge is 0.469 e. The van der Waals surface area contributed by atoms with E-state index >= 15 is 0 Å². The van der Waals surface area contributed by atoms with E-state index in [4.69, 9.17) is 4.74 Å². The van der Waals surface area contributed by atoms with Crippen molar-refractivity contribution >= 4 is 23.7 Å². The zero-order chi connectivity index (χ0) is 16.8. The molecule has 0 unspecified atom stereocenters. The van der Waals surface area contributed by atoms with Crippen molar-refractivity contribution in [2.24, 2.45) is 0 Å². The Morgan fingerprint density at radius 2 is 1.83 bits per heavy atom. The lowest BCUT2D eigenvalue weighted by Crippen LogP contribution is -2.05. The fourth-order valence-corrected chi connectivity index (χ4v) is 3.28. The number of esters is 2. The van der Waals surface area contributed by atoms with Crippen LogP contribution < -0.4 is 0 Å². The molecule has 122 valence electrons. The van der Waals surface area contributed by atoms with Crippen LogP contribution in [0, 0.1) is 6.92 Å². The van der Waals surface area contributed by atoms with Gasteiger partial charge in [0.05, 0.1) is 26.2 Å². The van der Waals surface area contributed by atoms with Gasteiger partial charge in [0, 0.05) is 28.2 Å². The van der Waals surface area contributed by atoms with Crippen LogP contribution in [0.4, 0.5) is 0 Å². The predicted molar refractivity (Wildman–Crippen MR) is 89.2 cm³/mol. The van der Waals surface area contributed by atoms with E-state index in [-0.39, 0.29) is 18.4 Å². The van der Waals surface area contributed by atoms with Gasteiger partial charge in [0.2, 0.25) is 0 Å². The minimum absolute atomic E-state index is 0.267. The molecule has 0 N–H and O–H groups in total. The van der Waals surface area contributed by atoms with Crippen LogP contribution in [0.1, 0.15) is 22.5 Å². The first-order valence-electron chi connectivity index (χ1n) is 7.13. The van der Waals surface area contributed by atoms with Crippen LogP contribution in [0.15, 0.2) is 41.4 Å². The molecule has 0 radical (unpaired) electrons. The maximum absolute atomic E-state index is 12.1. The summed E-state index contributed by atoms with van der Waals surface area (Å²) in [5.74, 6) is -0.108. The molecule has 2 aromatic rings. The number of benzene rings is 1. The second kappa shape index (κ2) is 7.87. The standard InChI is InChI=1S/C17H19NO4S/c1-12-16(17(20)22-3)14(23-10-9-15(19)21-2)11-18(12)13-7-5-4-6-8-13/h4-8,11H,9-10H2,1-3H3. The Hall–Kier alpha value is -2.21. The molecule has 0 aliphatic carbocycles. The number of hydrogen-bond acceptors (Lipinski definition) is 5. The van der Waals surface area contributed by atoms with Crippen molar-refractivity contribution in [3.8, 4) is 5.69 Å². The first kappa shape index (κ1) is 17.1. The maximum Gasteiger partial charge on any atom is 0.340 e. The van der Waals surface area contributed by atoms with Gasteiger partial charge in [0.25, 0.3) is 0 Å². The second-order valence-electron chi connectivity index (χ2n) is 4.83. The average Bonchev–Trinajstić information content (AvgIpc) is 2.91. The van der Waals surface area contributed by atoms with E-state index in [1.165, 1.54) is 26.0 Å². The number of hydrogen-bond donors (Lipinski definition) is 0. The van der Waals surface area contributed by atoms with Crippen molar-refractivity contribution in [3.05, 3.63) is 47.8 Å². The molecule has 0 amide bonds. The maximum atomic E-state index is 12.1. The van der Waals surface area contributed by atoms with Crippen LogP contribution in [0.25, 0.3) is 5.69 Å². The quantitative estimate of drug-likeness (QED) is 0.600. The summed E-state index contributed by atoms with van der Waals surface area (Å²) in [6.45, 7) is 1.88. The predicted octanol–water partition coefficient (Wildman–Crippen LogP) is 3.23. The zero-order valence-electron chi connectivity index (χ0n) is 13.4. The number of nitrogens with zero attached hydrogens (tertiary/aromatic N) is 1. The van der Waals surface area contributed by atoms with Gasteiger partial charge in [0.15, 0.2) is 0 Å². The van der Waals surface area contributed by atoms with Gasteiger partial charge in [-0.1, -0.05) is 18.2 Å². The summed E-state index contributed by atoms with van der Waals surface area (Å²) in [5.41, 5.74) is 2.31. The molecule has 0 spiro atoms. The topological polar surface area (TPSA) is 57.5 Å². The summed E-state index contributed by atoms with van der Waals surface area (Å²) in [5, 5.41) is 0. The summed E-state index contributed by atoms with van der Waals surface area (Å²) >= 11 is 1.44. The Balaban J connectivity index is 2.32. The van der Waals surface area contributed by atoms with Gasteiger partial charge in [0.1, 0.15) is 0 Å². The van der Waals surface area contributed by atoms with Crippen LogP contribution in [0.5, 0.6) is 0 Å². The summed E-state index contributed by atoms with van der Waals surface area (Å²) in [6.07, 6.45) is 2.19. The number of carbonyl (C=O) groups excluding carboxylic acids is 2. The molecule has 0 bridgehead atoms.